The molecule has 0 aromatic carbocycles. The summed E-state index contributed by atoms with van der Waals surface area (Å²) in [4.78, 5) is 0. The molecule has 0 unspecified atom stereocenters. The van der Waals surface area contributed by atoms with E-state index in [0.29, 0.717) is 0 Å². The van der Waals surface area contributed by atoms with Crippen LogP contribution in [0.3, 0.4) is 0 Å². The number of amidine groups is 1. The van der Waals surface area contributed by atoms with Gasteiger partial charge < -0.3 is 15.7 Å². The van der Waals surface area contributed by atoms with Crippen LogP contribution in [-0.2, 0) is 0 Å². The third-order valence-corrected chi connectivity index (χ3v) is 1.69. The number of hydrogen-bond donors (Lipinski definition) is 2. The number of nitrogens with two attached hydrogens (primary N) is 1. The Labute approximate surface area is 93.9 Å². The molecule has 0 aliphatic heterocycles. The summed E-state index contributed by atoms with van der Waals surface area (Å²) in [6.45, 7) is -0.617. The van der Waals surface area contributed by atoms with Crippen LogP contribution in [0, 0.1) is 0 Å². The predicted molar refractivity (Wildman–Crippen MR) is 50.7 cm³/mol. The fourth-order valence-electron chi connectivity index (χ4n) is 0.938. The van der Waals surface area contributed by atoms with Crippen LogP contribution in [0.15, 0.2) is 17.4 Å². The van der Waals surface area contributed by atoms with Gasteiger partial charge in [-0.15, -0.1) is 5.10 Å². The Kier molecular flexibility index (Phi) is 4.07. The van der Waals surface area contributed by atoms with Crippen LogP contribution < -0.4 is 10.5 Å². The van der Waals surface area contributed by atoms with E-state index in [-0.39, 0.29) is 17.3 Å². The first-order valence-corrected chi connectivity index (χ1v) is 4.43. The van der Waals surface area contributed by atoms with Gasteiger partial charge in [-0.05, 0) is 6.07 Å². The van der Waals surface area contributed by atoms with Crippen LogP contribution in [0.1, 0.15) is 12.0 Å². The predicted octanol–water partition coefficient (Wildman–Crippen LogP) is 0.902. The Hall–Kier alpha value is -2.06. The summed E-state index contributed by atoms with van der Waals surface area (Å²) in [7, 11) is 0. The van der Waals surface area contributed by atoms with Crippen molar-refractivity contribution in [2.75, 3.05) is 6.61 Å². The van der Waals surface area contributed by atoms with Gasteiger partial charge in [0.15, 0.2) is 5.84 Å². The van der Waals surface area contributed by atoms with Gasteiger partial charge in [-0.3, -0.25) is 0 Å². The minimum absolute atomic E-state index is 0.0738. The SMILES string of the molecule is N/C(=N/O)c1ccnnc1OCCC(F)(F)F. The molecule has 0 spiro atoms. The molecular weight excluding hydrogens is 241 g/mol. The lowest BCUT2D eigenvalue weighted by atomic mass is 10.3. The molecular formula is C8H9F3N4O2. The van der Waals surface area contributed by atoms with Gasteiger partial charge in [0, 0.05) is 0 Å². The summed E-state index contributed by atoms with van der Waals surface area (Å²) in [6.07, 6.45) is -4.21. The van der Waals surface area contributed by atoms with Crippen LogP contribution in [0.4, 0.5) is 13.2 Å². The summed E-state index contributed by atoms with van der Waals surface area (Å²) in [5.74, 6) is -0.533. The van der Waals surface area contributed by atoms with E-state index in [2.05, 4.69) is 15.4 Å². The molecule has 0 bridgehead atoms. The minimum atomic E-state index is -4.32. The highest BCUT2D eigenvalue weighted by Crippen LogP contribution is 2.20. The average Bonchev–Trinajstić information content (AvgIpc) is 2.27. The monoisotopic (exact) mass is 250 g/mol. The molecule has 0 saturated carbocycles. The largest absolute Gasteiger partial charge is 0.476 e. The number of ether oxygens (including phenoxy) is 1. The quantitative estimate of drug-likeness (QED) is 0.358. The summed E-state index contributed by atoms with van der Waals surface area (Å²) >= 11 is 0. The molecule has 0 atom stereocenters. The van der Waals surface area contributed by atoms with E-state index in [1.165, 1.54) is 12.3 Å². The Balaban J connectivity index is 2.71. The molecule has 0 radical (unpaired) electrons. The van der Waals surface area contributed by atoms with Gasteiger partial charge >= 0.3 is 6.18 Å². The zero-order chi connectivity index (χ0) is 12.9. The smallest absolute Gasteiger partial charge is 0.392 e. The van der Waals surface area contributed by atoms with Gasteiger partial charge in [-0.25, -0.2) is 0 Å². The molecule has 1 aromatic rings. The van der Waals surface area contributed by atoms with Crippen molar-refractivity contribution in [1.29, 1.82) is 0 Å². The molecule has 1 heterocycles. The van der Waals surface area contributed by atoms with Crippen molar-refractivity contribution >= 4 is 5.84 Å². The fourth-order valence-corrected chi connectivity index (χ4v) is 0.938. The van der Waals surface area contributed by atoms with Gasteiger partial charge in [-0.2, -0.15) is 18.3 Å². The van der Waals surface area contributed by atoms with Crippen molar-refractivity contribution in [2.45, 2.75) is 12.6 Å². The van der Waals surface area contributed by atoms with E-state index in [0.717, 1.165) is 0 Å². The Bertz CT molecular complexity index is 408. The lowest BCUT2D eigenvalue weighted by molar-refractivity contribution is -0.139. The molecule has 17 heavy (non-hydrogen) atoms. The summed E-state index contributed by atoms with van der Waals surface area (Å²) in [5.41, 5.74) is 5.36. The zero-order valence-electron chi connectivity index (χ0n) is 8.48. The van der Waals surface area contributed by atoms with Gasteiger partial charge in [0.25, 0.3) is 0 Å². The lowest BCUT2D eigenvalue weighted by Gasteiger charge is -2.09. The number of aromatic nitrogens is 2. The highest BCUT2D eigenvalue weighted by atomic mass is 19.4. The second kappa shape index (κ2) is 5.32. The first-order chi connectivity index (χ1) is 7.94. The van der Waals surface area contributed by atoms with E-state index in [1.54, 1.807) is 0 Å². The minimum Gasteiger partial charge on any atom is -0.476 e. The molecule has 6 nitrogen and oxygen atoms in total. The summed E-state index contributed by atoms with van der Waals surface area (Å²) in [6, 6.07) is 1.31. The number of hydrogen-bond acceptors (Lipinski definition) is 5. The maximum atomic E-state index is 11.9. The summed E-state index contributed by atoms with van der Waals surface area (Å²) < 4.78 is 40.4. The number of rotatable bonds is 4. The first kappa shape index (κ1) is 13.0. The molecule has 0 fully saturated rings. The van der Waals surface area contributed by atoms with Crippen molar-refractivity contribution in [3.63, 3.8) is 0 Å². The number of oxime groups is 1. The lowest BCUT2D eigenvalue weighted by Crippen LogP contribution is -2.18. The topological polar surface area (TPSA) is 93.6 Å². The highest BCUT2D eigenvalue weighted by molar-refractivity contribution is 5.98. The third kappa shape index (κ3) is 4.13. The van der Waals surface area contributed by atoms with Crippen molar-refractivity contribution < 1.29 is 23.1 Å². The van der Waals surface area contributed by atoms with Crippen molar-refractivity contribution in [1.82, 2.24) is 10.2 Å². The maximum Gasteiger partial charge on any atom is 0.392 e. The van der Waals surface area contributed by atoms with Crippen LogP contribution >= 0.6 is 0 Å². The molecule has 94 valence electrons. The third-order valence-electron chi connectivity index (χ3n) is 1.69. The standard InChI is InChI=1S/C8H9F3N4O2/c9-8(10,11)2-4-17-7-5(6(12)15-16)1-3-13-14-7/h1,3,16H,2,4H2,(H2,12,15). The van der Waals surface area contributed by atoms with E-state index in [9.17, 15) is 13.2 Å². The van der Waals surface area contributed by atoms with Crippen LogP contribution in [0.25, 0.3) is 0 Å². The van der Waals surface area contributed by atoms with E-state index in [4.69, 9.17) is 15.7 Å². The molecule has 1 rings (SSSR count). The number of alkyl halides is 3. The zero-order valence-corrected chi connectivity index (χ0v) is 8.48. The van der Waals surface area contributed by atoms with E-state index < -0.39 is 19.2 Å². The Morgan fingerprint density at radius 3 is 2.82 bits per heavy atom. The van der Waals surface area contributed by atoms with Crippen LogP contribution in [0.5, 0.6) is 5.88 Å². The van der Waals surface area contributed by atoms with Crippen molar-refractivity contribution in [3.8, 4) is 5.88 Å². The van der Waals surface area contributed by atoms with E-state index >= 15 is 0 Å². The highest BCUT2D eigenvalue weighted by Gasteiger charge is 2.27. The molecule has 9 heteroatoms. The molecule has 0 aliphatic rings. The van der Waals surface area contributed by atoms with Crippen molar-refractivity contribution in [3.05, 3.63) is 17.8 Å². The molecule has 0 amide bonds. The summed E-state index contributed by atoms with van der Waals surface area (Å²) in [5, 5.41) is 18.0. The first-order valence-electron chi connectivity index (χ1n) is 4.43. The molecule has 3 N–H and O–H groups in total. The van der Waals surface area contributed by atoms with Gasteiger partial charge in [0.2, 0.25) is 5.88 Å². The fraction of sp³-hybridized carbons (Fsp3) is 0.375. The maximum absolute atomic E-state index is 11.9. The second-order valence-corrected chi connectivity index (χ2v) is 2.95. The van der Waals surface area contributed by atoms with Crippen molar-refractivity contribution in [2.24, 2.45) is 10.9 Å². The molecule has 0 saturated heterocycles. The average molecular weight is 250 g/mol. The number of nitrogens with zero attached hydrogens (tertiary/aromatic N) is 3. The van der Waals surface area contributed by atoms with Gasteiger partial charge in [0.1, 0.15) is 0 Å². The number of halogens is 3. The normalized spacial score (nSPS) is 12.5. The molecule has 0 aliphatic carbocycles. The molecule has 1 aromatic heterocycles. The van der Waals surface area contributed by atoms with Gasteiger partial charge in [0.05, 0.1) is 24.8 Å². The second-order valence-electron chi connectivity index (χ2n) is 2.95. The van der Waals surface area contributed by atoms with Crippen LogP contribution in [-0.4, -0.2) is 34.0 Å². The van der Waals surface area contributed by atoms with E-state index in [1.807, 2.05) is 0 Å². The van der Waals surface area contributed by atoms with Gasteiger partial charge in [-0.1, -0.05) is 5.16 Å². The Morgan fingerprint density at radius 1 is 1.53 bits per heavy atom. The Morgan fingerprint density at radius 2 is 2.24 bits per heavy atom. The van der Waals surface area contributed by atoms with Crippen LogP contribution in [0.2, 0.25) is 0 Å².